The van der Waals surface area contributed by atoms with Crippen LogP contribution in [0.2, 0.25) is 19.6 Å². The molecule has 0 amide bonds. The van der Waals surface area contributed by atoms with Gasteiger partial charge < -0.3 is 0 Å². The summed E-state index contributed by atoms with van der Waals surface area (Å²) in [5.41, 5.74) is 0.556. The normalized spacial score (nSPS) is 22.9. The van der Waals surface area contributed by atoms with E-state index in [1.54, 1.807) is 0 Å². The summed E-state index contributed by atoms with van der Waals surface area (Å²) in [7, 11) is -1.33. The van der Waals surface area contributed by atoms with Crippen LogP contribution in [0.5, 0.6) is 0 Å². The Kier molecular flexibility index (Phi) is 5.22. The number of hydrogen-bond donors (Lipinski definition) is 0. The van der Waals surface area contributed by atoms with Gasteiger partial charge in [-0.25, -0.2) is 4.79 Å². The molecular formula is C17H26O3Si. The molecule has 0 N–H and O–H groups in total. The van der Waals surface area contributed by atoms with Gasteiger partial charge in [0.05, 0.1) is 13.6 Å². The molecule has 0 heterocycles. The molecule has 0 bridgehead atoms. The summed E-state index contributed by atoms with van der Waals surface area (Å²) in [5.74, 6) is 0.258. The van der Waals surface area contributed by atoms with Crippen molar-refractivity contribution in [3.05, 3.63) is 29.8 Å². The van der Waals surface area contributed by atoms with Crippen molar-refractivity contribution in [3.63, 3.8) is 0 Å². The van der Waals surface area contributed by atoms with Crippen LogP contribution in [-0.4, -0.2) is 20.1 Å². The quantitative estimate of drug-likeness (QED) is 0.481. The fraction of sp³-hybridized carbons (Fsp3) is 0.588. The van der Waals surface area contributed by atoms with Gasteiger partial charge in [0.2, 0.25) is 0 Å². The van der Waals surface area contributed by atoms with E-state index in [9.17, 15) is 4.79 Å². The fourth-order valence-corrected chi connectivity index (χ4v) is 3.90. The smallest absolute Gasteiger partial charge is 0.293 e. The van der Waals surface area contributed by atoms with E-state index in [0.29, 0.717) is 11.5 Å². The zero-order valence-corrected chi connectivity index (χ0v) is 14.5. The fourth-order valence-electron chi connectivity index (χ4n) is 2.73. The van der Waals surface area contributed by atoms with Crippen LogP contribution < -0.4 is 5.19 Å². The van der Waals surface area contributed by atoms with E-state index in [0.717, 1.165) is 19.3 Å². The van der Waals surface area contributed by atoms with Crippen LogP contribution in [0.4, 0.5) is 0 Å². The minimum absolute atomic E-state index is 0.0546. The third kappa shape index (κ3) is 4.68. The maximum absolute atomic E-state index is 12.0. The predicted molar refractivity (Wildman–Crippen MR) is 87.3 cm³/mol. The van der Waals surface area contributed by atoms with Gasteiger partial charge in [-0.05, 0) is 30.9 Å². The topological polar surface area (TPSA) is 35.5 Å². The summed E-state index contributed by atoms with van der Waals surface area (Å²) < 4.78 is 0. The maximum atomic E-state index is 12.0. The van der Waals surface area contributed by atoms with Crippen molar-refractivity contribution in [1.82, 2.24) is 0 Å². The van der Waals surface area contributed by atoms with Gasteiger partial charge in [0.15, 0.2) is 0 Å². The van der Waals surface area contributed by atoms with Crippen LogP contribution in [-0.2, 0) is 9.78 Å². The molecule has 1 aliphatic rings. The predicted octanol–water partition coefficient (Wildman–Crippen LogP) is 3.90. The molecule has 2 unspecified atom stereocenters. The van der Waals surface area contributed by atoms with E-state index in [4.69, 9.17) is 9.78 Å². The molecule has 2 rings (SSSR count). The van der Waals surface area contributed by atoms with Gasteiger partial charge in [-0.1, -0.05) is 56.7 Å². The Morgan fingerprint density at radius 1 is 1.14 bits per heavy atom. The second-order valence-corrected chi connectivity index (χ2v) is 12.3. The van der Waals surface area contributed by atoms with Crippen LogP contribution >= 0.6 is 0 Å². The van der Waals surface area contributed by atoms with E-state index >= 15 is 0 Å². The lowest BCUT2D eigenvalue weighted by atomic mass is 9.89. The minimum Gasteiger partial charge on any atom is -0.293 e. The van der Waals surface area contributed by atoms with E-state index < -0.39 is 14.0 Å². The molecule has 4 heteroatoms. The highest BCUT2D eigenvalue weighted by Crippen LogP contribution is 2.26. The average Bonchev–Trinajstić information content (AvgIpc) is 2.44. The van der Waals surface area contributed by atoms with Crippen molar-refractivity contribution in [2.75, 3.05) is 0 Å². The highest BCUT2D eigenvalue weighted by Gasteiger charge is 2.22. The van der Waals surface area contributed by atoms with Gasteiger partial charge in [0.25, 0.3) is 0 Å². The molecule has 1 fully saturated rings. The molecule has 116 valence electrons. The number of benzene rings is 1. The van der Waals surface area contributed by atoms with Crippen molar-refractivity contribution in [1.29, 1.82) is 0 Å². The first kappa shape index (κ1) is 16.2. The summed E-state index contributed by atoms with van der Waals surface area (Å²) in [6.45, 7) is 9.07. The molecule has 2 atom stereocenters. The Hall–Kier alpha value is -1.13. The Labute approximate surface area is 128 Å². The molecule has 1 aromatic rings. The number of carbonyl (C=O) groups is 1. The van der Waals surface area contributed by atoms with Gasteiger partial charge >= 0.3 is 5.97 Å². The third-order valence-electron chi connectivity index (χ3n) is 4.13. The van der Waals surface area contributed by atoms with Crippen LogP contribution in [0.3, 0.4) is 0 Å². The molecule has 0 aromatic heterocycles. The molecular weight excluding hydrogens is 280 g/mol. The monoisotopic (exact) mass is 306 g/mol. The van der Waals surface area contributed by atoms with Crippen molar-refractivity contribution < 1.29 is 14.6 Å². The van der Waals surface area contributed by atoms with Gasteiger partial charge in [-0.2, -0.15) is 4.89 Å². The van der Waals surface area contributed by atoms with Gasteiger partial charge in [-0.15, -0.1) is 0 Å². The molecule has 0 saturated heterocycles. The lowest BCUT2D eigenvalue weighted by molar-refractivity contribution is -0.281. The Morgan fingerprint density at radius 2 is 1.81 bits per heavy atom. The Balaban J connectivity index is 1.88. The lowest BCUT2D eigenvalue weighted by Gasteiger charge is -2.24. The maximum Gasteiger partial charge on any atom is 0.373 e. The molecule has 1 aromatic carbocycles. The van der Waals surface area contributed by atoms with Gasteiger partial charge in [0.1, 0.15) is 6.10 Å². The first-order chi connectivity index (χ1) is 9.86. The SMILES string of the molecule is CC1CCCC(OOC(=O)c2ccc([Si](C)(C)C)cc2)C1. The highest BCUT2D eigenvalue weighted by molar-refractivity contribution is 6.88. The van der Waals surface area contributed by atoms with Crippen LogP contribution in [0.1, 0.15) is 43.0 Å². The van der Waals surface area contributed by atoms with Crippen molar-refractivity contribution >= 4 is 19.2 Å². The third-order valence-corrected chi connectivity index (χ3v) is 6.20. The largest absolute Gasteiger partial charge is 0.373 e. The summed E-state index contributed by atoms with van der Waals surface area (Å²) >= 11 is 0. The second kappa shape index (κ2) is 6.75. The number of rotatable bonds is 4. The van der Waals surface area contributed by atoms with E-state index in [1.165, 1.54) is 11.6 Å². The molecule has 1 aliphatic carbocycles. The Morgan fingerprint density at radius 3 is 2.38 bits per heavy atom. The zero-order chi connectivity index (χ0) is 15.5. The molecule has 0 spiro atoms. The van der Waals surface area contributed by atoms with Crippen LogP contribution in [0.25, 0.3) is 0 Å². The summed E-state index contributed by atoms with van der Waals surface area (Å²) in [6.07, 6.45) is 4.40. The Bertz CT molecular complexity index is 476. The average molecular weight is 306 g/mol. The van der Waals surface area contributed by atoms with E-state index in [2.05, 4.69) is 26.6 Å². The van der Waals surface area contributed by atoms with Crippen molar-refractivity contribution in [2.24, 2.45) is 5.92 Å². The lowest BCUT2D eigenvalue weighted by Crippen LogP contribution is -2.37. The van der Waals surface area contributed by atoms with Gasteiger partial charge in [-0.3, -0.25) is 4.89 Å². The minimum atomic E-state index is -1.33. The van der Waals surface area contributed by atoms with Crippen LogP contribution in [0, 0.1) is 5.92 Å². The highest BCUT2D eigenvalue weighted by atomic mass is 28.3. The summed E-state index contributed by atoms with van der Waals surface area (Å²) in [4.78, 5) is 22.3. The van der Waals surface area contributed by atoms with Crippen molar-refractivity contribution in [2.45, 2.75) is 58.4 Å². The molecule has 0 aliphatic heterocycles. The standard InChI is InChI=1S/C17H26O3Si/c1-13-6-5-7-15(12-13)19-20-17(18)14-8-10-16(11-9-14)21(2,3)4/h8-11,13,15H,5-7,12H2,1-4H3. The van der Waals surface area contributed by atoms with E-state index in [1.807, 2.05) is 24.3 Å². The molecule has 21 heavy (non-hydrogen) atoms. The van der Waals surface area contributed by atoms with E-state index in [-0.39, 0.29) is 6.10 Å². The van der Waals surface area contributed by atoms with Gasteiger partial charge in [0, 0.05) is 0 Å². The molecule has 3 nitrogen and oxygen atoms in total. The van der Waals surface area contributed by atoms with Crippen LogP contribution in [0.15, 0.2) is 24.3 Å². The summed E-state index contributed by atoms with van der Waals surface area (Å²) in [6, 6.07) is 7.74. The molecule has 0 radical (unpaired) electrons. The molecule has 1 saturated carbocycles. The first-order valence-electron chi connectivity index (χ1n) is 7.84. The second-order valence-electron chi connectivity index (χ2n) is 7.19. The number of hydrogen-bond acceptors (Lipinski definition) is 3. The first-order valence-corrected chi connectivity index (χ1v) is 11.3. The summed E-state index contributed by atoms with van der Waals surface area (Å²) in [5, 5.41) is 1.33. The number of carbonyl (C=O) groups excluding carboxylic acids is 1. The zero-order valence-electron chi connectivity index (χ0n) is 13.5. The van der Waals surface area contributed by atoms with Crippen molar-refractivity contribution in [3.8, 4) is 0 Å².